The van der Waals surface area contributed by atoms with Crippen LogP contribution in [-0.2, 0) is 0 Å². The molecule has 0 aromatic heterocycles. The molecule has 3 aliphatic rings. The Kier molecular flexibility index (Phi) is 0.537. The van der Waals surface area contributed by atoms with Crippen LogP contribution >= 0.6 is 0 Å². The molecule has 2 bridgehead atoms. The number of nitrogens with one attached hydrogen (secondary N) is 1. The van der Waals surface area contributed by atoms with Crippen molar-refractivity contribution in [1.82, 2.24) is 5.32 Å². The number of fused-ring (bicyclic) bond motifs is 2. The topological polar surface area (TPSA) is 12.0 Å². The van der Waals surface area contributed by atoms with Crippen molar-refractivity contribution in [2.45, 2.75) is 25.3 Å². The van der Waals surface area contributed by atoms with Crippen LogP contribution < -0.4 is 5.32 Å². The zero-order valence-corrected chi connectivity index (χ0v) is 4.41. The molecule has 2 saturated heterocycles. The Balaban J connectivity index is 2.06. The number of piperidine rings is 2. The van der Waals surface area contributed by atoms with Crippen LogP contribution in [0, 0.1) is 5.92 Å². The molecule has 0 radical (unpaired) electrons. The zero-order chi connectivity index (χ0) is 5.61. The van der Waals surface area contributed by atoms with Gasteiger partial charge in [0.2, 0.25) is 0 Å². The Morgan fingerprint density at radius 2 is 2.43 bits per heavy atom. The summed E-state index contributed by atoms with van der Waals surface area (Å²) in [6.07, 6.45) is 3.51. The SMILES string of the molecule is [2H]C12CC(CCN1)C2. The fourth-order valence-corrected chi connectivity index (χ4v) is 1.44. The molecule has 2 aliphatic heterocycles. The molecule has 1 nitrogen and oxygen atoms in total. The van der Waals surface area contributed by atoms with Gasteiger partial charge in [0.25, 0.3) is 0 Å². The molecule has 0 atom stereocenters. The second kappa shape index (κ2) is 1.22. The molecule has 0 amide bonds. The van der Waals surface area contributed by atoms with Crippen molar-refractivity contribution < 1.29 is 1.37 Å². The van der Waals surface area contributed by atoms with Crippen LogP contribution in [0.1, 0.15) is 20.6 Å². The van der Waals surface area contributed by atoms with Gasteiger partial charge in [-0.15, -0.1) is 0 Å². The lowest BCUT2D eigenvalue weighted by Gasteiger charge is -2.41. The third-order valence-electron chi connectivity index (χ3n) is 2.00. The van der Waals surface area contributed by atoms with Crippen molar-refractivity contribution in [3.8, 4) is 0 Å². The average molecular weight is 98.2 g/mol. The number of hydrogen-bond donors (Lipinski definition) is 1. The Labute approximate surface area is 45.5 Å². The van der Waals surface area contributed by atoms with E-state index < -0.39 is 0 Å². The van der Waals surface area contributed by atoms with Gasteiger partial charge in [-0.3, -0.25) is 0 Å². The van der Waals surface area contributed by atoms with Gasteiger partial charge < -0.3 is 5.32 Å². The molecule has 7 heavy (non-hydrogen) atoms. The molecule has 40 valence electrons. The van der Waals surface area contributed by atoms with Crippen LogP contribution in [-0.4, -0.2) is 12.6 Å². The van der Waals surface area contributed by atoms with Crippen LogP contribution in [0.15, 0.2) is 0 Å². The van der Waals surface area contributed by atoms with Gasteiger partial charge >= 0.3 is 0 Å². The first-order valence-corrected chi connectivity index (χ1v) is 3.04. The predicted octanol–water partition coefficient (Wildman–Crippen LogP) is 0.758. The van der Waals surface area contributed by atoms with Gasteiger partial charge in [-0.25, -0.2) is 0 Å². The van der Waals surface area contributed by atoms with E-state index in [1.165, 1.54) is 6.42 Å². The van der Waals surface area contributed by atoms with Gasteiger partial charge in [0.05, 0.1) is 0 Å². The maximum atomic E-state index is 7.58. The molecule has 0 aromatic rings. The average Bonchev–Trinajstić information content (AvgIpc) is 1.63. The van der Waals surface area contributed by atoms with E-state index in [2.05, 4.69) is 5.32 Å². The summed E-state index contributed by atoms with van der Waals surface area (Å²) in [5, 5.41) is 3.19. The van der Waals surface area contributed by atoms with Crippen molar-refractivity contribution in [3.05, 3.63) is 0 Å². The molecular formula is C6H11N. The minimum atomic E-state index is -0.178. The summed E-state index contributed by atoms with van der Waals surface area (Å²) in [4.78, 5) is 0. The Morgan fingerprint density at radius 1 is 1.57 bits per heavy atom. The summed E-state index contributed by atoms with van der Waals surface area (Å²) in [6, 6.07) is -0.178. The van der Waals surface area contributed by atoms with Crippen molar-refractivity contribution in [3.63, 3.8) is 0 Å². The second-order valence-corrected chi connectivity index (χ2v) is 2.59. The minimum Gasteiger partial charge on any atom is -0.314 e. The summed E-state index contributed by atoms with van der Waals surface area (Å²) in [7, 11) is 0. The van der Waals surface area contributed by atoms with Gasteiger partial charge in [0, 0.05) is 7.39 Å². The fraction of sp³-hybridized carbons (Fsp3) is 1.00. The van der Waals surface area contributed by atoms with E-state index in [0.29, 0.717) is 0 Å². The lowest BCUT2D eigenvalue weighted by Crippen LogP contribution is -2.48. The minimum absolute atomic E-state index is 0.178. The van der Waals surface area contributed by atoms with Crippen molar-refractivity contribution in [1.29, 1.82) is 0 Å². The molecule has 2 heterocycles. The molecular weight excluding hydrogens is 86.1 g/mol. The Hall–Kier alpha value is -0.0400. The highest BCUT2D eigenvalue weighted by molar-refractivity contribution is 4.89. The standard InChI is InChI=1S/C6H11N/c1-2-7-6-3-5(1)4-6/h5-7H,1-4H2/i6D. The van der Waals surface area contributed by atoms with Crippen LogP contribution in [0.25, 0.3) is 0 Å². The third kappa shape index (κ3) is 0.480. The van der Waals surface area contributed by atoms with Crippen LogP contribution in [0.5, 0.6) is 0 Å². The summed E-state index contributed by atoms with van der Waals surface area (Å²) < 4.78 is 7.58. The second-order valence-electron chi connectivity index (χ2n) is 2.59. The Bertz CT molecular complexity index is 102. The Morgan fingerprint density at radius 3 is 2.71 bits per heavy atom. The zero-order valence-electron chi connectivity index (χ0n) is 5.41. The first-order chi connectivity index (χ1) is 3.79. The fourth-order valence-electron chi connectivity index (χ4n) is 1.44. The molecule has 0 aromatic carbocycles. The smallest absolute Gasteiger partial charge is 0.0465 e. The molecule has 3 rings (SSSR count). The lowest BCUT2D eigenvalue weighted by atomic mass is 9.75. The van der Waals surface area contributed by atoms with E-state index in [0.717, 1.165) is 25.3 Å². The van der Waals surface area contributed by atoms with E-state index in [4.69, 9.17) is 1.37 Å². The molecule has 0 spiro atoms. The highest BCUT2D eigenvalue weighted by atomic mass is 15.0. The van der Waals surface area contributed by atoms with Crippen molar-refractivity contribution in [2.75, 3.05) is 6.54 Å². The first kappa shape index (κ1) is 3.08. The van der Waals surface area contributed by atoms with Crippen LogP contribution in [0.4, 0.5) is 0 Å². The lowest BCUT2D eigenvalue weighted by molar-refractivity contribution is 0.158. The van der Waals surface area contributed by atoms with Gasteiger partial charge in [0.1, 0.15) is 0 Å². The maximum absolute atomic E-state index is 7.58. The molecule has 1 N–H and O–H groups in total. The summed E-state index contributed by atoms with van der Waals surface area (Å²) in [5.74, 6) is 0.897. The van der Waals surface area contributed by atoms with Crippen LogP contribution in [0.3, 0.4) is 0 Å². The van der Waals surface area contributed by atoms with Gasteiger partial charge in [-0.1, -0.05) is 0 Å². The highest BCUT2D eigenvalue weighted by Crippen LogP contribution is 2.33. The maximum Gasteiger partial charge on any atom is 0.0465 e. The third-order valence-corrected chi connectivity index (χ3v) is 2.00. The van der Waals surface area contributed by atoms with E-state index in [-0.39, 0.29) is 6.02 Å². The molecule has 1 heteroatoms. The molecule has 1 saturated carbocycles. The number of rotatable bonds is 0. The van der Waals surface area contributed by atoms with Gasteiger partial charge in [-0.2, -0.15) is 0 Å². The molecule has 3 fully saturated rings. The predicted molar refractivity (Wildman–Crippen MR) is 29.1 cm³/mol. The van der Waals surface area contributed by atoms with E-state index in [9.17, 15) is 0 Å². The van der Waals surface area contributed by atoms with Crippen LogP contribution in [0.2, 0.25) is 0 Å². The summed E-state index contributed by atoms with van der Waals surface area (Å²) in [5.41, 5.74) is 0. The van der Waals surface area contributed by atoms with Gasteiger partial charge in [0.15, 0.2) is 0 Å². The first-order valence-electron chi connectivity index (χ1n) is 3.54. The molecule has 1 aliphatic carbocycles. The monoisotopic (exact) mass is 98.1 g/mol. The van der Waals surface area contributed by atoms with E-state index in [1.54, 1.807) is 0 Å². The largest absolute Gasteiger partial charge is 0.314 e. The summed E-state index contributed by atoms with van der Waals surface area (Å²) in [6.45, 7) is 1.08. The normalized spacial score (nSPS) is 60.6. The van der Waals surface area contributed by atoms with E-state index >= 15 is 0 Å². The summed E-state index contributed by atoms with van der Waals surface area (Å²) >= 11 is 0. The van der Waals surface area contributed by atoms with Crippen molar-refractivity contribution in [2.24, 2.45) is 5.92 Å². The molecule has 0 unspecified atom stereocenters. The van der Waals surface area contributed by atoms with Gasteiger partial charge in [-0.05, 0) is 31.7 Å². The van der Waals surface area contributed by atoms with Crippen molar-refractivity contribution >= 4 is 0 Å². The number of hydrogen-bond acceptors (Lipinski definition) is 1. The quantitative estimate of drug-likeness (QED) is 0.471. The van der Waals surface area contributed by atoms with E-state index in [1.807, 2.05) is 0 Å². The highest BCUT2D eigenvalue weighted by Gasteiger charge is 2.31.